The van der Waals surface area contributed by atoms with Gasteiger partial charge in [-0.05, 0) is 19.3 Å². The summed E-state index contributed by atoms with van der Waals surface area (Å²) in [6.45, 7) is 9.96. The Labute approximate surface area is 86.7 Å². The van der Waals surface area contributed by atoms with Crippen LogP contribution in [0.2, 0.25) is 0 Å². The number of nitrogens with zero attached hydrogens (tertiary/aromatic N) is 1. The van der Waals surface area contributed by atoms with Crippen LogP contribution in [0.1, 0.15) is 34.1 Å². The maximum atomic E-state index is 10.0. The van der Waals surface area contributed by atoms with Crippen molar-refractivity contribution in [2.24, 2.45) is 5.92 Å². The second-order valence-electron chi connectivity index (χ2n) is 5.25. The van der Waals surface area contributed by atoms with Crippen molar-refractivity contribution in [3.05, 3.63) is 0 Å². The molecular weight excluding hydrogens is 178 g/mol. The summed E-state index contributed by atoms with van der Waals surface area (Å²) in [6.07, 6.45) is 0.754. The van der Waals surface area contributed by atoms with Crippen LogP contribution in [0, 0.1) is 5.92 Å². The van der Waals surface area contributed by atoms with Crippen LogP contribution in [-0.2, 0) is 0 Å². The average molecular weight is 201 g/mol. The summed E-state index contributed by atoms with van der Waals surface area (Å²) in [7, 11) is 0. The van der Waals surface area contributed by atoms with Crippen LogP contribution in [-0.4, -0.2) is 45.9 Å². The fourth-order valence-electron chi connectivity index (χ4n) is 1.80. The SMILES string of the molecule is CCC(C)(O)CN1CC(O)(C(C)C)C1. The van der Waals surface area contributed by atoms with Gasteiger partial charge in [0, 0.05) is 19.6 Å². The Bertz CT molecular complexity index is 195. The van der Waals surface area contributed by atoms with E-state index in [1.165, 1.54) is 0 Å². The van der Waals surface area contributed by atoms with Crippen LogP contribution in [0.15, 0.2) is 0 Å². The quantitative estimate of drug-likeness (QED) is 0.708. The van der Waals surface area contributed by atoms with E-state index in [-0.39, 0.29) is 0 Å². The van der Waals surface area contributed by atoms with Gasteiger partial charge in [-0.3, -0.25) is 4.90 Å². The second kappa shape index (κ2) is 3.80. The topological polar surface area (TPSA) is 43.7 Å². The van der Waals surface area contributed by atoms with Crippen molar-refractivity contribution in [1.29, 1.82) is 0 Å². The summed E-state index contributed by atoms with van der Waals surface area (Å²) in [5.41, 5.74) is -1.14. The van der Waals surface area contributed by atoms with Crippen LogP contribution in [0.3, 0.4) is 0 Å². The van der Waals surface area contributed by atoms with Crippen LogP contribution in [0.25, 0.3) is 0 Å². The normalized spacial score (nSPS) is 25.9. The monoisotopic (exact) mass is 201 g/mol. The molecule has 0 amide bonds. The minimum Gasteiger partial charge on any atom is -0.389 e. The van der Waals surface area contributed by atoms with Gasteiger partial charge in [-0.1, -0.05) is 20.8 Å². The van der Waals surface area contributed by atoms with Gasteiger partial charge in [-0.2, -0.15) is 0 Å². The molecule has 0 spiro atoms. The molecule has 3 heteroatoms. The lowest BCUT2D eigenvalue weighted by Crippen LogP contribution is -2.66. The van der Waals surface area contributed by atoms with Crippen molar-refractivity contribution in [3.8, 4) is 0 Å². The molecule has 0 aromatic carbocycles. The van der Waals surface area contributed by atoms with E-state index in [4.69, 9.17) is 0 Å². The standard InChI is InChI=1S/C11H23NO2/c1-5-10(4,13)6-12-7-11(14,8-12)9(2)3/h9,13-14H,5-8H2,1-4H3. The molecule has 1 aliphatic rings. The van der Waals surface area contributed by atoms with E-state index in [0.29, 0.717) is 25.6 Å². The Morgan fingerprint density at radius 3 is 2.29 bits per heavy atom. The average Bonchev–Trinajstić information content (AvgIpc) is 2.00. The number of hydrogen-bond acceptors (Lipinski definition) is 3. The van der Waals surface area contributed by atoms with E-state index in [9.17, 15) is 10.2 Å². The first-order valence-corrected chi connectivity index (χ1v) is 5.46. The van der Waals surface area contributed by atoms with Crippen molar-refractivity contribution in [2.75, 3.05) is 19.6 Å². The molecule has 0 aromatic rings. The van der Waals surface area contributed by atoms with E-state index in [0.717, 1.165) is 6.42 Å². The largest absolute Gasteiger partial charge is 0.389 e. The first kappa shape index (κ1) is 12.0. The zero-order valence-electron chi connectivity index (χ0n) is 9.75. The van der Waals surface area contributed by atoms with Gasteiger partial charge in [0.25, 0.3) is 0 Å². The molecule has 2 N–H and O–H groups in total. The van der Waals surface area contributed by atoms with Crippen LogP contribution in [0.5, 0.6) is 0 Å². The third-order valence-corrected chi connectivity index (χ3v) is 3.40. The smallest absolute Gasteiger partial charge is 0.0922 e. The van der Waals surface area contributed by atoms with E-state index in [1.807, 2.05) is 27.7 Å². The Morgan fingerprint density at radius 2 is 1.93 bits per heavy atom. The Hall–Kier alpha value is -0.120. The first-order valence-electron chi connectivity index (χ1n) is 5.46. The van der Waals surface area contributed by atoms with Gasteiger partial charge < -0.3 is 10.2 Å². The molecule has 84 valence electrons. The minimum atomic E-state index is -0.613. The fourth-order valence-corrected chi connectivity index (χ4v) is 1.80. The van der Waals surface area contributed by atoms with Gasteiger partial charge in [-0.15, -0.1) is 0 Å². The van der Waals surface area contributed by atoms with Gasteiger partial charge in [0.1, 0.15) is 0 Å². The van der Waals surface area contributed by atoms with Crippen molar-refractivity contribution in [1.82, 2.24) is 4.90 Å². The summed E-state index contributed by atoms with van der Waals surface area (Å²) >= 11 is 0. The molecule has 3 nitrogen and oxygen atoms in total. The third-order valence-electron chi connectivity index (χ3n) is 3.40. The van der Waals surface area contributed by atoms with Gasteiger partial charge in [0.05, 0.1) is 11.2 Å². The summed E-state index contributed by atoms with van der Waals surface area (Å²) in [6, 6.07) is 0. The molecule has 0 saturated carbocycles. The predicted molar refractivity (Wildman–Crippen MR) is 57.1 cm³/mol. The van der Waals surface area contributed by atoms with Crippen molar-refractivity contribution in [3.63, 3.8) is 0 Å². The molecule has 1 heterocycles. The highest BCUT2D eigenvalue weighted by atomic mass is 16.3. The van der Waals surface area contributed by atoms with Crippen LogP contribution in [0.4, 0.5) is 0 Å². The van der Waals surface area contributed by atoms with Gasteiger partial charge in [0.2, 0.25) is 0 Å². The van der Waals surface area contributed by atoms with Gasteiger partial charge >= 0.3 is 0 Å². The molecule has 1 rings (SSSR count). The maximum Gasteiger partial charge on any atom is 0.0922 e. The molecular formula is C11H23NO2. The number of aliphatic hydroxyl groups is 2. The van der Waals surface area contributed by atoms with E-state index in [2.05, 4.69) is 4.90 Å². The lowest BCUT2D eigenvalue weighted by molar-refractivity contribution is -0.146. The van der Waals surface area contributed by atoms with Gasteiger partial charge in [-0.25, -0.2) is 0 Å². The summed E-state index contributed by atoms with van der Waals surface area (Å²) in [5, 5.41) is 19.8. The van der Waals surface area contributed by atoms with Crippen LogP contribution >= 0.6 is 0 Å². The highest BCUT2D eigenvalue weighted by Crippen LogP contribution is 2.29. The Balaban J connectivity index is 2.35. The van der Waals surface area contributed by atoms with E-state index >= 15 is 0 Å². The molecule has 1 atom stereocenters. The number of rotatable bonds is 4. The van der Waals surface area contributed by atoms with E-state index in [1.54, 1.807) is 0 Å². The molecule has 14 heavy (non-hydrogen) atoms. The number of β-amino-alcohol motifs (C(OH)–C–C–N with tert-alkyl or cyclic N) is 2. The molecule has 1 fully saturated rings. The fraction of sp³-hybridized carbons (Fsp3) is 1.00. The molecule has 1 saturated heterocycles. The molecule has 0 radical (unpaired) electrons. The van der Waals surface area contributed by atoms with Crippen LogP contribution < -0.4 is 0 Å². The summed E-state index contributed by atoms with van der Waals surface area (Å²) in [4.78, 5) is 2.11. The predicted octanol–water partition coefficient (Wildman–Crippen LogP) is 0.850. The first-order chi connectivity index (χ1) is 6.29. The highest BCUT2D eigenvalue weighted by molar-refractivity contribution is 4.99. The molecule has 1 unspecified atom stereocenters. The molecule has 0 bridgehead atoms. The lowest BCUT2D eigenvalue weighted by atomic mass is 9.82. The number of hydrogen-bond donors (Lipinski definition) is 2. The number of likely N-dealkylation sites (tertiary alicyclic amines) is 1. The molecule has 1 aliphatic heterocycles. The zero-order chi connectivity index (χ0) is 11.0. The lowest BCUT2D eigenvalue weighted by Gasteiger charge is -2.50. The van der Waals surface area contributed by atoms with E-state index < -0.39 is 11.2 Å². The van der Waals surface area contributed by atoms with Crippen molar-refractivity contribution in [2.45, 2.75) is 45.3 Å². The summed E-state index contributed by atoms with van der Waals surface area (Å²) in [5.74, 6) is 0.297. The Morgan fingerprint density at radius 1 is 1.43 bits per heavy atom. The summed E-state index contributed by atoms with van der Waals surface area (Å²) < 4.78 is 0. The van der Waals surface area contributed by atoms with Crippen molar-refractivity contribution >= 4 is 0 Å². The Kier molecular flexibility index (Phi) is 3.24. The second-order valence-corrected chi connectivity index (χ2v) is 5.25. The zero-order valence-corrected chi connectivity index (χ0v) is 9.75. The molecule has 0 aromatic heterocycles. The highest BCUT2D eigenvalue weighted by Gasteiger charge is 2.44. The van der Waals surface area contributed by atoms with Gasteiger partial charge in [0.15, 0.2) is 0 Å². The minimum absolute atomic E-state index is 0.297. The third kappa shape index (κ3) is 2.47. The van der Waals surface area contributed by atoms with Crippen molar-refractivity contribution < 1.29 is 10.2 Å². The maximum absolute atomic E-state index is 10.0. The molecule has 0 aliphatic carbocycles.